The zero-order valence-corrected chi connectivity index (χ0v) is 25.2. The second kappa shape index (κ2) is 11.2. The molecule has 2 aromatic heterocycles. The van der Waals surface area contributed by atoms with E-state index in [1.165, 1.54) is 0 Å². The van der Waals surface area contributed by atoms with Crippen molar-refractivity contribution in [3.63, 3.8) is 0 Å². The molecule has 1 unspecified atom stereocenters. The number of nitrogens with zero attached hydrogens (tertiary/aromatic N) is 4. The summed E-state index contributed by atoms with van der Waals surface area (Å²) in [5, 5.41) is 3.74. The van der Waals surface area contributed by atoms with Crippen LogP contribution in [0.1, 0.15) is 51.6 Å². The predicted molar refractivity (Wildman–Crippen MR) is 167 cm³/mol. The number of carbonyl (C=O) groups is 5. The number of amides is 5. The molecule has 12 heteroatoms. The van der Waals surface area contributed by atoms with Crippen LogP contribution in [0.15, 0.2) is 54.9 Å². The molecule has 1 atom stereocenters. The van der Waals surface area contributed by atoms with Crippen LogP contribution in [0, 0.1) is 0 Å². The van der Waals surface area contributed by atoms with Crippen molar-refractivity contribution in [1.29, 1.82) is 0 Å². The van der Waals surface area contributed by atoms with Gasteiger partial charge in [0.2, 0.25) is 17.7 Å². The van der Waals surface area contributed by atoms with Crippen LogP contribution in [0.25, 0.3) is 22.2 Å². The summed E-state index contributed by atoms with van der Waals surface area (Å²) in [4.78, 5) is 76.6. The highest BCUT2D eigenvalue weighted by Crippen LogP contribution is 2.37. The lowest BCUT2D eigenvalue weighted by atomic mass is 10.0. The maximum absolute atomic E-state index is 13.5. The van der Waals surface area contributed by atoms with Crippen LogP contribution in [0.3, 0.4) is 0 Å². The first kappa shape index (κ1) is 28.9. The minimum absolute atomic E-state index is 0.0534. The number of pyridine rings is 1. The Hall–Kier alpha value is -4.87. The molecule has 2 fully saturated rings. The smallest absolute Gasteiger partial charge is 0.262 e. The lowest BCUT2D eigenvalue weighted by Crippen LogP contribution is -2.54. The first-order valence-corrected chi connectivity index (χ1v) is 15.2. The first-order chi connectivity index (χ1) is 21.7. The van der Waals surface area contributed by atoms with Gasteiger partial charge in [0, 0.05) is 55.1 Å². The summed E-state index contributed by atoms with van der Waals surface area (Å²) in [7, 11) is 0. The maximum Gasteiger partial charge on any atom is 0.262 e. The monoisotopic (exact) mass is 624 g/mol. The molecule has 2 aromatic carbocycles. The van der Waals surface area contributed by atoms with E-state index in [0.29, 0.717) is 23.7 Å². The van der Waals surface area contributed by atoms with E-state index in [1.807, 2.05) is 35.4 Å². The third-order valence-corrected chi connectivity index (χ3v) is 9.21. The summed E-state index contributed by atoms with van der Waals surface area (Å²) < 4.78 is 0. The number of hydrogen-bond donors (Lipinski definition) is 2. The van der Waals surface area contributed by atoms with Crippen LogP contribution < -0.4 is 10.2 Å². The van der Waals surface area contributed by atoms with Gasteiger partial charge >= 0.3 is 0 Å². The summed E-state index contributed by atoms with van der Waals surface area (Å²) in [5.41, 5.74) is 5.29. The van der Waals surface area contributed by atoms with Crippen molar-refractivity contribution in [2.75, 3.05) is 24.5 Å². The molecule has 0 aliphatic carbocycles. The summed E-state index contributed by atoms with van der Waals surface area (Å²) in [5.74, 6) is -2.28. The van der Waals surface area contributed by atoms with Gasteiger partial charge in [-0.05, 0) is 47.7 Å². The van der Waals surface area contributed by atoms with Crippen LogP contribution >= 0.6 is 11.6 Å². The Balaban J connectivity index is 1.08. The molecular weight excluding hydrogens is 596 g/mol. The standard InChI is InChI=1S/C33H29ClN6O5/c1-2-18-14-35-30-28(18)29(34)23(15-36-30)19-5-3-7-21(13-19)39-12-11-38(17-26(39)42)16-20-6-4-8-22-27(20)33(45)40(32(22)44)24-9-10-25(41)37-31(24)43/h3-8,13-15,24H,2,9-12,16-17H2,1H3,(H,35,36)(H,37,41,43). The van der Waals surface area contributed by atoms with Gasteiger partial charge in [-0.15, -0.1) is 0 Å². The molecule has 3 aliphatic rings. The third kappa shape index (κ3) is 4.88. The number of aryl methyl sites for hydroxylation is 1. The highest BCUT2D eigenvalue weighted by Gasteiger charge is 2.45. The quantitative estimate of drug-likeness (QED) is 0.312. The van der Waals surface area contributed by atoms with E-state index in [1.54, 1.807) is 29.3 Å². The number of halogens is 1. The Kier molecular flexibility index (Phi) is 7.22. The number of aromatic nitrogens is 2. The number of piperidine rings is 1. The van der Waals surface area contributed by atoms with Gasteiger partial charge in [-0.1, -0.05) is 42.8 Å². The predicted octanol–water partition coefficient (Wildman–Crippen LogP) is 3.70. The Morgan fingerprint density at radius 1 is 0.978 bits per heavy atom. The fourth-order valence-corrected chi connectivity index (χ4v) is 6.90. The number of imide groups is 2. The number of anilines is 1. The molecule has 228 valence electrons. The molecule has 45 heavy (non-hydrogen) atoms. The van der Waals surface area contributed by atoms with Crippen molar-refractivity contribution in [1.82, 2.24) is 25.1 Å². The molecule has 2 saturated heterocycles. The van der Waals surface area contributed by atoms with Crippen molar-refractivity contribution in [2.45, 2.75) is 38.8 Å². The van der Waals surface area contributed by atoms with Gasteiger partial charge in [0.15, 0.2) is 0 Å². The summed E-state index contributed by atoms with van der Waals surface area (Å²) >= 11 is 6.86. The molecule has 11 nitrogen and oxygen atoms in total. The molecule has 0 saturated carbocycles. The molecule has 7 rings (SSSR count). The Bertz CT molecular complexity index is 1940. The van der Waals surface area contributed by atoms with Gasteiger partial charge < -0.3 is 9.88 Å². The normalized spacial score (nSPS) is 19.1. The van der Waals surface area contributed by atoms with E-state index >= 15 is 0 Å². The highest BCUT2D eigenvalue weighted by molar-refractivity contribution is 6.38. The molecule has 0 radical (unpaired) electrons. The molecule has 5 amide bonds. The lowest BCUT2D eigenvalue weighted by molar-refractivity contribution is -0.136. The minimum Gasteiger partial charge on any atom is -0.346 e. The van der Waals surface area contributed by atoms with Crippen LogP contribution in [0.2, 0.25) is 5.02 Å². The number of aromatic amines is 1. The minimum atomic E-state index is -1.03. The fraction of sp³-hybridized carbons (Fsp3) is 0.273. The van der Waals surface area contributed by atoms with Crippen LogP contribution in [-0.2, 0) is 27.3 Å². The Morgan fingerprint density at radius 2 is 1.80 bits per heavy atom. The van der Waals surface area contributed by atoms with E-state index < -0.39 is 29.7 Å². The number of fused-ring (bicyclic) bond motifs is 2. The van der Waals surface area contributed by atoms with Crippen LogP contribution in [0.4, 0.5) is 5.69 Å². The number of benzene rings is 2. The first-order valence-electron chi connectivity index (χ1n) is 14.9. The van der Waals surface area contributed by atoms with Gasteiger partial charge in [0.1, 0.15) is 11.7 Å². The third-order valence-electron chi connectivity index (χ3n) is 8.82. The zero-order chi connectivity index (χ0) is 31.4. The highest BCUT2D eigenvalue weighted by atomic mass is 35.5. The molecule has 3 aliphatic heterocycles. The Morgan fingerprint density at radius 3 is 2.58 bits per heavy atom. The van der Waals surface area contributed by atoms with Crippen LogP contribution in [0.5, 0.6) is 0 Å². The number of piperazine rings is 1. The van der Waals surface area contributed by atoms with Gasteiger partial charge in [-0.25, -0.2) is 4.98 Å². The average Bonchev–Trinajstić information content (AvgIpc) is 3.57. The SMILES string of the molecule is CCc1c[nH]c2ncc(-c3cccc(N4CCN(Cc5cccc6c5C(=O)N(C5CCC(=O)NC5=O)C6=O)CC4=O)c3)c(Cl)c12. The van der Waals surface area contributed by atoms with E-state index in [4.69, 9.17) is 11.6 Å². The van der Waals surface area contributed by atoms with Crippen molar-refractivity contribution < 1.29 is 24.0 Å². The number of rotatable bonds is 6. The number of hydrogen-bond acceptors (Lipinski definition) is 7. The van der Waals surface area contributed by atoms with Gasteiger partial charge in [-0.3, -0.25) is 39.1 Å². The molecule has 2 N–H and O–H groups in total. The van der Waals surface area contributed by atoms with Gasteiger partial charge in [0.25, 0.3) is 11.8 Å². The molecular formula is C33H29ClN6O5. The number of H-pyrrole nitrogens is 1. The topological polar surface area (TPSA) is 136 Å². The summed E-state index contributed by atoms with van der Waals surface area (Å²) in [6.45, 7) is 3.43. The van der Waals surface area contributed by atoms with Gasteiger partial charge in [-0.2, -0.15) is 0 Å². The summed E-state index contributed by atoms with van der Waals surface area (Å²) in [6, 6.07) is 11.7. The van der Waals surface area contributed by atoms with Crippen LogP contribution in [-0.4, -0.2) is 75.0 Å². The van der Waals surface area contributed by atoms with E-state index in [0.717, 1.165) is 44.7 Å². The largest absolute Gasteiger partial charge is 0.346 e. The van der Waals surface area contributed by atoms with Gasteiger partial charge in [0.05, 0.1) is 22.7 Å². The van der Waals surface area contributed by atoms with Crippen molar-refractivity contribution in [2.24, 2.45) is 0 Å². The zero-order valence-electron chi connectivity index (χ0n) is 24.4. The van der Waals surface area contributed by atoms with Crippen molar-refractivity contribution in [3.05, 3.63) is 82.1 Å². The Labute approximate surface area is 263 Å². The lowest BCUT2D eigenvalue weighted by Gasteiger charge is -2.34. The number of nitrogens with one attached hydrogen (secondary N) is 2. The molecule has 0 bridgehead atoms. The second-order valence-electron chi connectivity index (χ2n) is 11.5. The van der Waals surface area contributed by atoms with E-state index in [9.17, 15) is 24.0 Å². The second-order valence-corrected chi connectivity index (χ2v) is 11.8. The van der Waals surface area contributed by atoms with E-state index in [-0.39, 0.29) is 43.0 Å². The van der Waals surface area contributed by atoms with E-state index in [2.05, 4.69) is 22.2 Å². The molecule has 4 aromatic rings. The maximum atomic E-state index is 13.5. The van der Waals surface area contributed by atoms with Crippen molar-refractivity contribution in [3.8, 4) is 11.1 Å². The fourth-order valence-electron chi connectivity index (χ4n) is 6.53. The molecule has 0 spiro atoms. The van der Waals surface area contributed by atoms with Crippen molar-refractivity contribution >= 4 is 57.9 Å². The average molecular weight is 625 g/mol. The summed E-state index contributed by atoms with van der Waals surface area (Å²) in [6.07, 6.45) is 4.63. The molecule has 5 heterocycles. The number of carbonyl (C=O) groups excluding carboxylic acids is 5.